The molecule has 1 heterocycles. The average molecular weight is 493 g/mol. The van der Waals surface area contributed by atoms with Crippen LogP contribution in [0.5, 0.6) is 0 Å². The SMILES string of the molecule is CC(C)Cc1cc(CC(C)C)c(-c2ccccc2P2C(C)(C)CC(=O)CC2(C)C)c(CC(C)C)c1. The Morgan fingerprint density at radius 1 is 0.743 bits per heavy atom. The van der Waals surface area contributed by atoms with E-state index in [1.54, 1.807) is 0 Å². The van der Waals surface area contributed by atoms with Gasteiger partial charge in [-0.05, 0) is 80.5 Å². The molecule has 1 aliphatic heterocycles. The van der Waals surface area contributed by atoms with Crippen LogP contribution in [0.3, 0.4) is 0 Å². The molecule has 2 heteroatoms. The summed E-state index contributed by atoms with van der Waals surface area (Å²) in [5.74, 6) is 2.29. The highest BCUT2D eigenvalue weighted by atomic mass is 31.1. The Morgan fingerprint density at radius 3 is 1.66 bits per heavy atom. The second-order valence-corrected chi connectivity index (χ2v) is 17.0. The fraction of sp³-hybridized carbons (Fsp3) is 0.606. The molecule has 0 saturated carbocycles. The Bertz CT molecular complexity index is 990. The van der Waals surface area contributed by atoms with Crippen molar-refractivity contribution < 1.29 is 4.79 Å². The summed E-state index contributed by atoms with van der Waals surface area (Å²) in [6.45, 7) is 23.4. The van der Waals surface area contributed by atoms with E-state index in [0.29, 0.717) is 36.4 Å². The Balaban J connectivity index is 2.31. The van der Waals surface area contributed by atoms with Crippen LogP contribution < -0.4 is 5.30 Å². The highest BCUT2D eigenvalue weighted by Crippen LogP contribution is 2.65. The van der Waals surface area contributed by atoms with Crippen molar-refractivity contribution in [3.05, 3.63) is 53.1 Å². The molecule has 0 radical (unpaired) electrons. The van der Waals surface area contributed by atoms with Gasteiger partial charge in [-0.25, -0.2) is 0 Å². The molecule has 1 fully saturated rings. The molecule has 192 valence electrons. The first-order chi connectivity index (χ1) is 16.2. The summed E-state index contributed by atoms with van der Waals surface area (Å²) in [5, 5.41) is 1.49. The zero-order valence-corrected chi connectivity index (χ0v) is 25.0. The Hall–Kier alpha value is -1.46. The molecule has 0 aliphatic carbocycles. The molecule has 0 N–H and O–H groups in total. The predicted molar refractivity (Wildman–Crippen MR) is 156 cm³/mol. The summed E-state index contributed by atoms with van der Waals surface area (Å²) in [5.41, 5.74) is 7.43. The topological polar surface area (TPSA) is 17.1 Å². The van der Waals surface area contributed by atoms with Gasteiger partial charge in [-0.3, -0.25) is 4.79 Å². The summed E-state index contributed by atoms with van der Waals surface area (Å²) in [4.78, 5) is 12.7. The van der Waals surface area contributed by atoms with Crippen LogP contribution in [0.4, 0.5) is 0 Å². The normalized spacial score (nSPS) is 18.1. The van der Waals surface area contributed by atoms with Crippen molar-refractivity contribution in [2.24, 2.45) is 17.8 Å². The minimum Gasteiger partial charge on any atom is -0.300 e. The largest absolute Gasteiger partial charge is 0.300 e. The lowest BCUT2D eigenvalue weighted by Gasteiger charge is -2.49. The van der Waals surface area contributed by atoms with Crippen molar-refractivity contribution in [1.82, 2.24) is 0 Å². The molecule has 0 amide bonds. The van der Waals surface area contributed by atoms with Gasteiger partial charge in [-0.15, -0.1) is 0 Å². The van der Waals surface area contributed by atoms with Crippen molar-refractivity contribution in [2.45, 2.75) is 112 Å². The molecular weight excluding hydrogens is 443 g/mol. The van der Waals surface area contributed by atoms with Crippen molar-refractivity contribution in [3.8, 4) is 11.1 Å². The predicted octanol–water partition coefficient (Wildman–Crippen LogP) is 8.98. The van der Waals surface area contributed by atoms with Crippen LogP contribution in [-0.4, -0.2) is 16.1 Å². The van der Waals surface area contributed by atoms with Crippen LogP contribution in [0.2, 0.25) is 0 Å². The number of benzene rings is 2. The van der Waals surface area contributed by atoms with E-state index in [2.05, 4.69) is 106 Å². The summed E-state index contributed by atoms with van der Waals surface area (Å²) in [7, 11) is -0.532. The van der Waals surface area contributed by atoms with Crippen LogP contribution in [0, 0.1) is 17.8 Å². The molecule has 0 bridgehead atoms. The molecule has 0 spiro atoms. The van der Waals surface area contributed by atoms with Gasteiger partial charge in [0.05, 0.1) is 0 Å². The van der Waals surface area contributed by atoms with E-state index in [-0.39, 0.29) is 10.3 Å². The number of rotatable bonds is 8. The third kappa shape index (κ3) is 6.65. The monoisotopic (exact) mass is 492 g/mol. The lowest BCUT2D eigenvalue weighted by Crippen LogP contribution is -2.43. The first-order valence-electron chi connectivity index (χ1n) is 13.8. The van der Waals surface area contributed by atoms with E-state index in [4.69, 9.17) is 0 Å². The minimum atomic E-state index is -0.532. The van der Waals surface area contributed by atoms with E-state index in [9.17, 15) is 4.79 Å². The van der Waals surface area contributed by atoms with Crippen LogP contribution >= 0.6 is 7.92 Å². The second kappa shape index (κ2) is 10.9. The van der Waals surface area contributed by atoms with Gasteiger partial charge in [0.2, 0.25) is 0 Å². The number of carbonyl (C=O) groups excluding carboxylic acids is 1. The quantitative estimate of drug-likeness (QED) is 0.336. The van der Waals surface area contributed by atoms with Gasteiger partial charge in [0.25, 0.3) is 0 Å². The van der Waals surface area contributed by atoms with Crippen LogP contribution in [0.25, 0.3) is 11.1 Å². The third-order valence-electron chi connectivity index (χ3n) is 7.15. The molecule has 35 heavy (non-hydrogen) atoms. The molecule has 0 atom stereocenters. The molecule has 1 nitrogen and oxygen atoms in total. The molecule has 2 aromatic rings. The molecule has 0 unspecified atom stereocenters. The van der Waals surface area contributed by atoms with Crippen LogP contribution in [0.1, 0.15) is 98.8 Å². The van der Waals surface area contributed by atoms with E-state index < -0.39 is 7.92 Å². The second-order valence-electron chi connectivity index (χ2n) is 13.5. The van der Waals surface area contributed by atoms with Gasteiger partial charge in [-0.1, -0.05) is 114 Å². The third-order valence-corrected chi connectivity index (χ3v) is 10.8. The van der Waals surface area contributed by atoms with E-state index >= 15 is 0 Å². The first kappa shape index (κ1) is 28.1. The van der Waals surface area contributed by atoms with Gasteiger partial charge in [-0.2, -0.15) is 0 Å². The first-order valence-corrected chi connectivity index (χ1v) is 15.1. The maximum atomic E-state index is 12.7. The zero-order chi connectivity index (χ0) is 26.1. The fourth-order valence-electron chi connectivity index (χ4n) is 6.51. The maximum Gasteiger partial charge on any atom is 0.134 e. The Morgan fingerprint density at radius 2 is 1.20 bits per heavy atom. The maximum absolute atomic E-state index is 12.7. The summed E-state index contributed by atoms with van der Waals surface area (Å²) in [6.07, 6.45) is 4.73. The molecule has 2 aromatic carbocycles. The smallest absolute Gasteiger partial charge is 0.134 e. The highest BCUT2D eigenvalue weighted by Gasteiger charge is 2.48. The molecular formula is C33H49OP. The molecule has 3 rings (SSSR count). The average Bonchev–Trinajstić information content (AvgIpc) is 2.65. The summed E-state index contributed by atoms with van der Waals surface area (Å²) < 4.78 is 0. The van der Waals surface area contributed by atoms with Gasteiger partial charge in [0, 0.05) is 12.8 Å². The van der Waals surface area contributed by atoms with E-state index in [1.165, 1.54) is 33.1 Å². The van der Waals surface area contributed by atoms with E-state index in [1.807, 2.05) is 0 Å². The number of ketones is 1. The van der Waals surface area contributed by atoms with Crippen molar-refractivity contribution in [2.75, 3.05) is 0 Å². The Kier molecular flexibility index (Phi) is 8.74. The van der Waals surface area contributed by atoms with Crippen molar-refractivity contribution in [1.29, 1.82) is 0 Å². The lowest BCUT2D eigenvalue weighted by molar-refractivity contribution is -0.120. The highest BCUT2D eigenvalue weighted by molar-refractivity contribution is 7.69. The number of hydrogen-bond donors (Lipinski definition) is 0. The van der Waals surface area contributed by atoms with Crippen molar-refractivity contribution >= 4 is 19.0 Å². The zero-order valence-electron chi connectivity index (χ0n) is 24.1. The minimum absolute atomic E-state index is 0.00171. The summed E-state index contributed by atoms with van der Waals surface area (Å²) in [6, 6.07) is 14.3. The fourth-order valence-corrected chi connectivity index (χ4v) is 10.8. The number of hydrogen-bond acceptors (Lipinski definition) is 1. The lowest BCUT2D eigenvalue weighted by atomic mass is 9.84. The summed E-state index contributed by atoms with van der Waals surface area (Å²) >= 11 is 0. The van der Waals surface area contributed by atoms with Crippen molar-refractivity contribution in [3.63, 3.8) is 0 Å². The van der Waals surface area contributed by atoms with Crippen LogP contribution in [0.15, 0.2) is 36.4 Å². The standard InChI is InChI=1S/C33H49OP/c1-22(2)15-25-18-26(16-23(3)4)31(27(19-25)17-24(5)6)29-13-11-12-14-30(29)35-32(7,8)20-28(34)21-33(35,9)10/h11-14,18-19,22-24H,15-17,20-21H2,1-10H3. The number of Topliss-reactive ketones (excluding diaryl/α,β-unsaturated/α-hetero) is 1. The van der Waals surface area contributed by atoms with Gasteiger partial charge in [0.1, 0.15) is 5.78 Å². The van der Waals surface area contributed by atoms with Gasteiger partial charge in [0.15, 0.2) is 0 Å². The molecule has 1 saturated heterocycles. The Labute approximate surface area is 217 Å². The van der Waals surface area contributed by atoms with Crippen LogP contribution in [-0.2, 0) is 24.1 Å². The van der Waals surface area contributed by atoms with Gasteiger partial charge < -0.3 is 0 Å². The van der Waals surface area contributed by atoms with Gasteiger partial charge >= 0.3 is 0 Å². The molecule has 0 aromatic heterocycles. The number of carbonyl (C=O) groups is 1. The molecule has 1 aliphatic rings. The van der Waals surface area contributed by atoms with E-state index in [0.717, 1.165) is 19.3 Å².